The molecule has 6 nitrogen and oxygen atoms in total. The average molecular weight is 250 g/mol. The number of nitrogens with one attached hydrogen (secondary N) is 3. The molecule has 0 unspecified atom stereocenters. The number of benzene rings is 1. The molecule has 0 bridgehead atoms. The molecule has 0 aliphatic carbocycles. The van der Waals surface area contributed by atoms with E-state index in [0.29, 0.717) is 19.6 Å². The van der Waals surface area contributed by atoms with Gasteiger partial charge in [-0.15, -0.1) is 0 Å². The fourth-order valence-electron chi connectivity index (χ4n) is 1.21. The number of carbonyl (C=O) groups excluding carboxylic acids is 1. The van der Waals surface area contributed by atoms with E-state index >= 15 is 0 Å². The number of aliphatic hydroxyl groups is 1. The molecule has 4 N–H and O–H groups in total. The summed E-state index contributed by atoms with van der Waals surface area (Å²) in [6.07, 6.45) is 1.57. The molecule has 0 aliphatic rings. The van der Waals surface area contributed by atoms with Crippen LogP contribution in [0.4, 0.5) is 4.79 Å². The third-order valence-corrected chi connectivity index (χ3v) is 2.06. The number of nitrogens with zero attached hydrogens (tertiary/aromatic N) is 1. The zero-order chi connectivity index (χ0) is 13.1. The van der Waals surface area contributed by atoms with Crippen molar-refractivity contribution in [1.29, 1.82) is 0 Å². The quantitative estimate of drug-likeness (QED) is 0.310. The van der Waals surface area contributed by atoms with Crippen LogP contribution in [0.2, 0.25) is 0 Å². The van der Waals surface area contributed by atoms with Crippen LogP contribution in [0.25, 0.3) is 0 Å². The molecular weight excluding hydrogens is 232 g/mol. The summed E-state index contributed by atoms with van der Waals surface area (Å²) >= 11 is 0. The van der Waals surface area contributed by atoms with Crippen LogP contribution in [0.1, 0.15) is 5.56 Å². The van der Waals surface area contributed by atoms with Crippen molar-refractivity contribution in [3.05, 3.63) is 35.9 Å². The molecule has 0 aromatic heterocycles. The average Bonchev–Trinajstić information content (AvgIpc) is 2.40. The largest absolute Gasteiger partial charge is 0.395 e. The highest BCUT2D eigenvalue weighted by Crippen LogP contribution is 1.92. The number of hydrogen-bond donors (Lipinski definition) is 4. The van der Waals surface area contributed by atoms with Crippen molar-refractivity contribution in [2.45, 2.75) is 0 Å². The van der Waals surface area contributed by atoms with E-state index in [2.05, 4.69) is 21.2 Å². The van der Waals surface area contributed by atoms with Crippen molar-refractivity contribution in [3.63, 3.8) is 0 Å². The minimum atomic E-state index is -0.354. The first-order valence-electron chi connectivity index (χ1n) is 5.76. The lowest BCUT2D eigenvalue weighted by Gasteiger charge is -2.04. The molecule has 0 saturated heterocycles. The van der Waals surface area contributed by atoms with Gasteiger partial charge in [0.1, 0.15) is 0 Å². The first kappa shape index (κ1) is 14.1. The molecule has 0 heterocycles. The second kappa shape index (κ2) is 9.15. The molecule has 1 aromatic carbocycles. The van der Waals surface area contributed by atoms with Crippen LogP contribution in [-0.4, -0.2) is 43.6 Å². The number of rotatable bonds is 7. The first-order valence-corrected chi connectivity index (χ1v) is 5.76. The number of aliphatic hydroxyl groups excluding tert-OH is 1. The minimum absolute atomic E-state index is 0.0908. The Kier molecular flexibility index (Phi) is 7.19. The maximum Gasteiger partial charge on any atom is 0.335 e. The maximum absolute atomic E-state index is 11.3. The Morgan fingerprint density at radius 1 is 1.22 bits per heavy atom. The van der Waals surface area contributed by atoms with Crippen molar-refractivity contribution in [2.75, 3.05) is 26.2 Å². The Morgan fingerprint density at radius 3 is 2.72 bits per heavy atom. The Bertz CT molecular complexity index is 368. The van der Waals surface area contributed by atoms with Crippen molar-refractivity contribution in [2.24, 2.45) is 5.10 Å². The Labute approximate surface area is 106 Å². The summed E-state index contributed by atoms with van der Waals surface area (Å²) in [5.41, 5.74) is 3.28. The highest BCUT2D eigenvalue weighted by Gasteiger charge is 1.95. The predicted octanol–water partition coefficient (Wildman–Crippen LogP) is -0.0984. The smallest absolute Gasteiger partial charge is 0.335 e. The van der Waals surface area contributed by atoms with Crippen LogP contribution < -0.4 is 16.1 Å². The van der Waals surface area contributed by atoms with Gasteiger partial charge in [0.05, 0.1) is 12.8 Å². The van der Waals surface area contributed by atoms with Crippen molar-refractivity contribution in [3.8, 4) is 0 Å². The first-order chi connectivity index (χ1) is 8.83. The van der Waals surface area contributed by atoms with Gasteiger partial charge in [-0.1, -0.05) is 30.3 Å². The lowest BCUT2D eigenvalue weighted by molar-refractivity contribution is 0.241. The summed E-state index contributed by atoms with van der Waals surface area (Å²) in [5, 5.41) is 17.9. The summed E-state index contributed by atoms with van der Waals surface area (Å²) in [6.45, 7) is 1.70. The van der Waals surface area contributed by atoms with Gasteiger partial charge in [-0.25, -0.2) is 10.2 Å². The summed E-state index contributed by atoms with van der Waals surface area (Å²) < 4.78 is 0. The van der Waals surface area contributed by atoms with Gasteiger partial charge in [0.15, 0.2) is 0 Å². The number of amides is 2. The van der Waals surface area contributed by atoms with Crippen LogP contribution >= 0.6 is 0 Å². The van der Waals surface area contributed by atoms with Gasteiger partial charge in [-0.05, 0) is 5.56 Å². The summed E-state index contributed by atoms with van der Waals surface area (Å²) in [5.74, 6) is 0. The molecule has 0 atom stereocenters. The molecular formula is C12H18N4O2. The standard InChI is InChI=1S/C12H18N4O2/c17-9-8-13-6-7-14-12(18)16-15-10-11-4-2-1-3-5-11/h1-5,10,13,17H,6-9H2,(H2,14,16,18)/b15-10+. The zero-order valence-corrected chi connectivity index (χ0v) is 10.1. The fraction of sp³-hybridized carbons (Fsp3) is 0.333. The lowest BCUT2D eigenvalue weighted by atomic mass is 10.2. The summed E-state index contributed by atoms with van der Waals surface area (Å²) in [4.78, 5) is 11.3. The van der Waals surface area contributed by atoms with E-state index < -0.39 is 0 Å². The summed E-state index contributed by atoms with van der Waals surface area (Å²) in [6, 6.07) is 9.14. The molecule has 98 valence electrons. The predicted molar refractivity (Wildman–Crippen MR) is 70.5 cm³/mol. The number of hydrogen-bond acceptors (Lipinski definition) is 4. The molecule has 2 amide bonds. The van der Waals surface area contributed by atoms with Crippen LogP contribution in [0.15, 0.2) is 35.4 Å². The second-order valence-corrected chi connectivity index (χ2v) is 3.51. The molecule has 0 fully saturated rings. The zero-order valence-electron chi connectivity index (χ0n) is 10.1. The lowest BCUT2D eigenvalue weighted by Crippen LogP contribution is -2.37. The Balaban J connectivity index is 2.11. The number of carbonyl (C=O) groups is 1. The number of hydrazone groups is 1. The Hall–Kier alpha value is -1.92. The van der Waals surface area contributed by atoms with Crippen LogP contribution in [0.3, 0.4) is 0 Å². The molecule has 0 saturated carbocycles. The number of urea groups is 1. The topological polar surface area (TPSA) is 85.8 Å². The molecule has 0 aliphatic heterocycles. The van der Waals surface area contributed by atoms with E-state index in [0.717, 1.165) is 5.56 Å². The molecule has 6 heteroatoms. The van der Waals surface area contributed by atoms with E-state index in [9.17, 15) is 4.79 Å². The van der Waals surface area contributed by atoms with Crippen LogP contribution in [-0.2, 0) is 0 Å². The maximum atomic E-state index is 11.3. The van der Waals surface area contributed by atoms with Gasteiger partial charge in [0.25, 0.3) is 0 Å². The molecule has 0 spiro atoms. The van der Waals surface area contributed by atoms with Gasteiger partial charge in [0, 0.05) is 19.6 Å². The van der Waals surface area contributed by atoms with E-state index in [1.807, 2.05) is 30.3 Å². The fourth-order valence-corrected chi connectivity index (χ4v) is 1.21. The van der Waals surface area contributed by atoms with E-state index in [1.165, 1.54) is 0 Å². The van der Waals surface area contributed by atoms with Gasteiger partial charge >= 0.3 is 6.03 Å². The highest BCUT2D eigenvalue weighted by atomic mass is 16.3. The van der Waals surface area contributed by atoms with Crippen molar-refractivity contribution in [1.82, 2.24) is 16.1 Å². The highest BCUT2D eigenvalue weighted by molar-refractivity contribution is 5.81. The molecule has 18 heavy (non-hydrogen) atoms. The second-order valence-electron chi connectivity index (χ2n) is 3.51. The van der Waals surface area contributed by atoms with Crippen LogP contribution in [0.5, 0.6) is 0 Å². The monoisotopic (exact) mass is 250 g/mol. The van der Waals surface area contributed by atoms with Crippen molar-refractivity contribution < 1.29 is 9.90 Å². The third kappa shape index (κ3) is 6.62. The van der Waals surface area contributed by atoms with Gasteiger partial charge in [0.2, 0.25) is 0 Å². The molecule has 0 radical (unpaired) electrons. The van der Waals surface area contributed by atoms with Gasteiger partial charge in [-0.2, -0.15) is 5.10 Å². The minimum Gasteiger partial charge on any atom is -0.395 e. The molecule has 1 rings (SSSR count). The Morgan fingerprint density at radius 2 is 2.00 bits per heavy atom. The van der Waals surface area contributed by atoms with Gasteiger partial charge < -0.3 is 15.7 Å². The summed E-state index contributed by atoms with van der Waals surface area (Å²) in [7, 11) is 0. The van der Waals surface area contributed by atoms with E-state index in [1.54, 1.807) is 6.21 Å². The van der Waals surface area contributed by atoms with E-state index in [-0.39, 0.29) is 12.6 Å². The van der Waals surface area contributed by atoms with Crippen molar-refractivity contribution >= 4 is 12.2 Å². The molecule has 1 aromatic rings. The van der Waals surface area contributed by atoms with Crippen LogP contribution in [0, 0.1) is 0 Å². The third-order valence-electron chi connectivity index (χ3n) is 2.06. The van der Waals surface area contributed by atoms with E-state index in [4.69, 9.17) is 5.11 Å². The normalized spacial score (nSPS) is 10.5. The van der Waals surface area contributed by atoms with Gasteiger partial charge in [-0.3, -0.25) is 0 Å². The SMILES string of the molecule is O=C(NCCNCCO)N/N=C/c1ccccc1.